The van der Waals surface area contributed by atoms with Gasteiger partial charge in [0, 0.05) is 24.7 Å². The van der Waals surface area contributed by atoms with Crippen LogP contribution in [0.15, 0.2) is 27.3 Å². The van der Waals surface area contributed by atoms with Crippen LogP contribution in [-0.4, -0.2) is 48.6 Å². The molecule has 176 valence electrons. The maximum atomic E-state index is 13.1. The lowest BCUT2D eigenvalue weighted by molar-refractivity contribution is -0.126. The number of halogens is 1. The van der Waals surface area contributed by atoms with Crippen molar-refractivity contribution >= 4 is 39.4 Å². The van der Waals surface area contributed by atoms with Crippen LogP contribution in [0.2, 0.25) is 0 Å². The highest BCUT2D eigenvalue weighted by atomic mass is 79.9. The third-order valence-corrected chi connectivity index (χ3v) is 5.86. The number of nitrogens with zero attached hydrogens (tertiary/aromatic N) is 2. The van der Waals surface area contributed by atoms with E-state index in [0.29, 0.717) is 41.7 Å². The number of rotatable bonds is 11. The molecule has 3 atom stereocenters. The van der Waals surface area contributed by atoms with Gasteiger partial charge in [0.15, 0.2) is 0 Å². The molecule has 0 bridgehead atoms. The van der Waals surface area contributed by atoms with Gasteiger partial charge in [0.25, 0.3) is 5.91 Å². The number of amides is 3. The summed E-state index contributed by atoms with van der Waals surface area (Å²) in [4.78, 5) is 42.1. The lowest BCUT2D eigenvalue weighted by atomic mass is 9.96. The van der Waals surface area contributed by atoms with Crippen molar-refractivity contribution in [2.24, 2.45) is 22.6 Å². The van der Waals surface area contributed by atoms with Crippen LogP contribution in [0.3, 0.4) is 0 Å². The van der Waals surface area contributed by atoms with Gasteiger partial charge in [-0.3, -0.25) is 19.4 Å². The lowest BCUT2D eigenvalue weighted by Crippen LogP contribution is -2.52. The van der Waals surface area contributed by atoms with Crippen LogP contribution >= 0.6 is 15.9 Å². The van der Waals surface area contributed by atoms with Crippen molar-refractivity contribution in [3.63, 3.8) is 0 Å². The topological polar surface area (TPSA) is 149 Å². The van der Waals surface area contributed by atoms with Gasteiger partial charge in [-0.15, -0.1) is 0 Å². The van der Waals surface area contributed by atoms with E-state index in [-0.39, 0.29) is 29.9 Å². The molecule has 0 spiro atoms. The molecule has 0 radical (unpaired) electrons. The summed E-state index contributed by atoms with van der Waals surface area (Å²) in [6, 6.07) is 0.0932. The molecule has 0 unspecified atom stereocenters. The predicted molar refractivity (Wildman–Crippen MR) is 128 cm³/mol. The fraction of sp³-hybridized carbons (Fsp3) is 0.591. The Morgan fingerprint density at radius 3 is 2.53 bits per heavy atom. The van der Waals surface area contributed by atoms with E-state index in [1.54, 1.807) is 13.8 Å². The molecule has 0 saturated carbocycles. The van der Waals surface area contributed by atoms with Crippen molar-refractivity contribution in [2.75, 3.05) is 13.1 Å². The smallest absolute Gasteiger partial charge is 0.271 e. The number of allylic oxidation sites excluding steroid dienone is 1. The predicted octanol–water partition coefficient (Wildman–Crippen LogP) is 1.65. The normalized spacial score (nSPS) is 18.8. The Labute approximate surface area is 198 Å². The molecule has 1 aliphatic heterocycles. The summed E-state index contributed by atoms with van der Waals surface area (Å²) in [6.07, 6.45) is 1.31. The minimum absolute atomic E-state index is 0.0714. The zero-order valence-electron chi connectivity index (χ0n) is 19.1. The minimum Gasteiger partial charge on any atom is -0.401 e. The molecule has 5 N–H and O–H groups in total. The van der Waals surface area contributed by atoms with Crippen LogP contribution < -0.4 is 21.7 Å². The lowest BCUT2D eigenvalue weighted by Gasteiger charge is -2.24. The molecule has 0 aromatic heterocycles. The van der Waals surface area contributed by atoms with E-state index in [0.717, 1.165) is 0 Å². The van der Waals surface area contributed by atoms with E-state index in [4.69, 9.17) is 5.73 Å². The minimum atomic E-state index is -1.07. The molecule has 3 amide bonds. The second-order valence-electron chi connectivity index (χ2n) is 8.19. The molecule has 1 aliphatic rings. The monoisotopic (exact) mass is 508 g/mol. The first-order valence-corrected chi connectivity index (χ1v) is 11.4. The third-order valence-electron chi connectivity index (χ3n) is 4.86. The summed E-state index contributed by atoms with van der Waals surface area (Å²) in [6.45, 7) is 12.2. The van der Waals surface area contributed by atoms with Crippen molar-refractivity contribution in [2.45, 2.75) is 59.0 Å². The maximum Gasteiger partial charge on any atom is 0.271 e. The molecule has 10 heteroatoms. The summed E-state index contributed by atoms with van der Waals surface area (Å²) in [5.41, 5.74) is 6.74. The summed E-state index contributed by atoms with van der Waals surface area (Å²) in [5.74, 6) is -1.40. The Hall–Kier alpha value is -2.67. The van der Waals surface area contributed by atoms with E-state index >= 15 is 0 Å². The van der Waals surface area contributed by atoms with Gasteiger partial charge in [0.05, 0.1) is 10.6 Å². The third kappa shape index (κ3) is 8.11. The zero-order valence-corrected chi connectivity index (χ0v) is 20.7. The average molecular weight is 509 g/mol. The van der Waals surface area contributed by atoms with E-state index in [2.05, 4.69) is 43.5 Å². The highest BCUT2D eigenvalue weighted by molar-refractivity contribution is 9.12. The van der Waals surface area contributed by atoms with Crippen LogP contribution in [0.4, 0.5) is 0 Å². The Morgan fingerprint density at radius 2 is 2.06 bits per heavy atom. The van der Waals surface area contributed by atoms with Crippen molar-refractivity contribution in [3.05, 3.63) is 22.3 Å². The number of carbonyl (C=O) groups is 3. The molecule has 32 heavy (non-hydrogen) atoms. The zero-order chi connectivity index (χ0) is 24.4. The summed E-state index contributed by atoms with van der Waals surface area (Å²) in [5, 5.41) is 17.6. The number of aliphatic imine (C=N–C) groups is 1. The number of nitrogens with two attached hydrogens (primary N) is 1. The molecular weight excluding hydrogens is 476 g/mol. The first-order chi connectivity index (χ1) is 15.0. The first-order valence-electron chi connectivity index (χ1n) is 10.6. The molecule has 1 fully saturated rings. The van der Waals surface area contributed by atoms with E-state index in [9.17, 15) is 19.6 Å². The van der Waals surface area contributed by atoms with E-state index in [1.807, 2.05) is 19.9 Å². The van der Waals surface area contributed by atoms with Gasteiger partial charge in [-0.25, -0.2) is 0 Å². The van der Waals surface area contributed by atoms with Crippen LogP contribution in [-0.2, 0) is 14.4 Å². The van der Waals surface area contributed by atoms with Crippen LogP contribution in [0.1, 0.15) is 47.0 Å². The maximum absolute atomic E-state index is 13.1. The van der Waals surface area contributed by atoms with Crippen molar-refractivity contribution in [1.82, 2.24) is 16.0 Å². The quantitative estimate of drug-likeness (QED) is 0.247. The second kappa shape index (κ2) is 13.0. The summed E-state index contributed by atoms with van der Waals surface area (Å²) in [7, 11) is 0. The number of hydrogen-bond donors (Lipinski definition) is 4. The average Bonchev–Trinajstić information content (AvgIpc) is 3.12. The Balaban J connectivity index is 3.08. The fourth-order valence-electron chi connectivity index (χ4n) is 3.33. The fourth-order valence-corrected chi connectivity index (χ4v) is 3.64. The Bertz CT molecular complexity index is 839. The second-order valence-corrected chi connectivity index (χ2v) is 8.98. The van der Waals surface area contributed by atoms with E-state index in [1.165, 1.54) is 0 Å². The van der Waals surface area contributed by atoms with Crippen molar-refractivity contribution in [1.29, 1.82) is 5.26 Å². The molecule has 1 heterocycles. The van der Waals surface area contributed by atoms with Crippen LogP contribution in [0, 0.1) is 23.2 Å². The Morgan fingerprint density at radius 1 is 1.41 bits per heavy atom. The van der Waals surface area contributed by atoms with Gasteiger partial charge in [0.1, 0.15) is 17.8 Å². The molecule has 0 aliphatic carbocycles. The molecular formula is C22H33BrN6O3. The summed E-state index contributed by atoms with van der Waals surface area (Å²) < 4.78 is 0.340. The van der Waals surface area contributed by atoms with Gasteiger partial charge in [-0.2, -0.15) is 5.26 Å². The standard InChI is InChI=1S/C22H33BrN6O3/c1-6-26-19(17(23)14(5)25)22(32)29-18(13(4)9-12(2)3)21(31)28-16(11-24)10-15-7-8-27-20(15)30/h12,15-16,18H,4,6-10,25H2,1-3,5H3,(H,27,30)(H,28,31)(H,29,32)/t15-,16-,18-/m0/s1. The largest absolute Gasteiger partial charge is 0.401 e. The van der Waals surface area contributed by atoms with Gasteiger partial charge in [0.2, 0.25) is 11.8 Å². The summed E-state index contributed by atoms with van der Waals surface area (Å²) >= 11 is 3.28. The SMILES string of the molecule is C=C(CC(C)C)[C@H](NC(=O)C(=NCC)C(Br)=C(C)N)C(=O)N[C@H](C#N)C[C@@H]1CCNC1=O. The number of hydrogen-bond acceptors (Lipinski definition) is 6. The Kier molecular flexibility index (Phi) is 11.1. The van der Waals surface area contributed by atoms with Crippen LogP contribution in [0.25, 0.3) is 0 Å². The van der Waals surface area contributed by atoms with Crippen molar-refractivity contribution < 1.29 is 14.4 Å². The molecule has 1 rings (SSSR count). The molecule has 0 aromatic rings. The van der Waals surface area contributed by atoms with Gasteiger partial charge in [-0.05, 0) is 60.5 Å². The molecule has 0 aromatic carbocycles. The number of nitrogens with one attached hydrogen (secondary N) is 3. The highest BCUT2D eigenvalue weighted by Gasteiger charge is 2.31. The number of nitriles is 1. The first kappa shape index (κ1) is 27.4. The molecule has 1 saturated heterocycles. The molecule has 9 nitrogen and oxygen atoms in total. The van der Waals surface area contributed by atoms with Crippen molar-refractivity contribution in [3.8, 4) is 6.07 Å². The van der Waals surface area contributed by atoms with E-state index < -0.39 is 23.9 Å². The van der Waals surface area contributed by atoms with Gasteiger partial charge >= 0.3 is 0 Å². The number of carbonyl (C=O) groups excluding carboxylic acids is 3. The van der Waals surface area contributed by atoms with Crippen LogP contribution in [0.5, 0.6) is 0 Å². The van der Waals surface area contributed by atoms with Gasteiger partial charge in [-0.1, -0.05) is 20.4 Å². The van der Waals surface area contributed by atoms with Gasteiger partial charge < -0.3 is 21.7 Å². The highest BCUT2D eigenvalue weighted by Crippen LogP contribution is 2.18.